The van der Waals surface area contributed by atoms with Crippen LogP contribution in [0.1, 0.15) is 19.4 Å². The second-order valence-electron chi connectivity index (χ2n) is 3.78. The first-order valence-electron chi connectivity index (χ1n) is 4.70. The van der Waals surface area contributed by atoms with Crippen LogP contribution in [0.15, 0.2) is 18.2 Å². The van der Waals surface area contributed by atoms with Crippen molar-refractivity contribution in [2.75, 3.05) is 4.90 Å². The normalized spacial score (nSPS) is 15.1. The SMILES string of the molecule is CC(C)N1C(=O)Cc2cccc(Cl)c21. The number of carbonyl (C=O) groups is 1. The van der Waals surface area contributed by atoms with Crippen LogP contribution in [-0.4, -0.2) is 11.9 Å². The van der Waals surface area contributed by atoms with Crippen LogP contribution >= 0.6 is 11.6 Å². The zero-order chi connectivity index (χ0) is 10.3. The first kappa shape index (κ1) is 9.53. The van der Waals surface area contributed by atoms with Crippen molar-refractivity contribution in [3.05, 3.63) is 28.8 Å². The molecule has 0 unspecified atom stereocenters. The maximum atomic E-state index is 11.7. The minimum atomic E-state index is 0.142. The van der Waals surface area contributed by atoms with Crippen LogP contribution in [0.25, 0.3) is 0 Å². The van der Waals surface area contributed by atoms with Crippen LogP contribution in [-0.2, 0) is 11.2 Å². The fourth-order valence-corrected chi connectivity index (χ4v) is 2.18. The van der Waals surface area contributed by atoms with E-state index in [0.717, 1.165) is 11.3 Å². The van der Waals surface area contributed by atoms with Crippen LogP contribution in [0.4, 0.5) is 5.69 Å². The number of rotatable bonds is 1. The first-order chi connectivity index (χ1) is 6.61. The maximum Gasteiger partial charge on any atom is 0.231 e. The molecule has 14 heavy (non-hydrogen) atoms. The molecular formula is C11H12ClNO. The fraction of sp³-hybridized carbons (Fsp3) is 0.364. The molecule has 1 amide bonds. The topological polar surface area (TPSA) is 20.3 Å². The highest BCUT2D eigenvalue weighted by Gasteiger charge is 2.30. The van der Waals surface area contributed by atoms with Gasteiger partial charge in [0.05, 0.1) is 17.1 Å². The smallest absolute Gasteiger partial charge is 0.231 e. The van der Waals surface area contributed by atoms with Gasteiger partial charge in [-0.15, -0.1) is 0 Å². The van der Waals surface area contributed by atoms with Crippen molar-refractivity contribution in [2.45, 2.75) is 26.3 Å². The summed E-state index contributed by atoms with van der Waals surface area (Å²) in [6, 6.07) is 5.84. The lowest BCUT2D eigenvalue weighted by Gasteiger charge is -2.22. The summed E-state index contributed by atoms with van der Waals surface area (Å²) in [5, 5.41) is 0.669. The van der Waals surface area contributed by atoms with Gasteiger partial charge in [0.1, 0.15) is 0 Å². The third-order valence-corrected chi connectivity index (χ3v) is 2.74. The fourth-order valence-electron chi connectivity index (χ4n) is 1.89. The number of para-hydroxylation sites is 1. The zero-order valence-corrected chi connectivity index (χ0v) is 9.01. The number of amides is 1. The zero-order valence-electron chi connectivity index (χ0n) is 8.25. The van der Waals surface area contributed by atoms with E-state index in [-0.39, 0.29) is 11.9 Å². The Kier molecular flexibility index (Phi) is 2.23. The average molecular weight is 210 g/mol. The Morgan fingerprint density at radius 3 is 2.79 bits per heavy atom. The number of carbonyl (C=O) groups excluding carboxylic acids is 1. The second-order valence-corrected chi connectivity index (χ2v) is 4.19. The third-order valence-electron chi connectivity index (χ3n) is 2.44. The van der Waals surface area contributed by atoms with E-state index >= 15 is 0 Å². The highest BCUT2D eigenvalue weighted by molar-refractivity contribution is 6.34. The summed E-state index contributed by atoms with van der Waals surface area (Å²) < 4.78 is 0. The van der Waals surface area contributed by atoms with Crippen LogP contribution in [0.3, 0.4) is 0 Å². The van der Waals surface area contributed by atoms with Crippen molar-refractivity contribution in [1.82, 2.24) is 0 Å². The molecule has 2 rings (SSSR count). The van der Waals surface area contributed by atoms with E-state index in [9.17, 15) is 4.79 Å². The molecule has 1 aliphatic heterocycles. The molecule has 0 saturated carbocycles. The Morgan fingerprint density at radius 2 is 2.14 bits per heavy atom. The molecule has 0 atom stereocenters. The number of nitrogens with zero attached hydrogens (tertiary/aromatic N) is 1. The van der Waals surface area contributed by atoms with Crippen molar-refractivity contribution in [3.8, 4) is 0 Å². The van der Waals surface area contributed by atoms with Crippen LogP contribution in [0.5, 0.6) is 0 Å². The molecule has 1 aromatic carbocycles. The molecule has 3 heteroatoms. The van der Waals surface area contributed by atoms with Crippen LogP contribution < -0.4 is 4.90 Å². The van der Waals surface area contributed by atoms with Crippen molar-refractivity contribution in [2.24, 2.45) is 0 Å². The van der Waals surface area contributed by atoms with Gasteiger partial charge < -0.3 is 4.90 Å². The minimum Gasteiger partial charge on any atom is -0.308 e. The number of benzene rings is 1. The first-order valence-corrected chi connectivity index (χ1v) is 5.08. The minimum absolute atomic E-state index is 0.142. The summed E-state index contributed by atoms with van der Waals surface area (Å²) in [5.41, 5.74) is 1.94. The van der Waals surface area contributed by atoms with Gasteiger partial charge in [-0.05, 0) is 25.5 Å². The molecule has 0 aromatic heterocycles. The van der Waals surface area contributed by atoms with Crippen LogP contribution in [0, 0.1) is 0 Å². The van der Waals surface area contributed by atoms with Gasteiger partial charge in [-0.2, -0.15) is 0 Å². The molecule has 0 bridgehead atoms. The van der Waals surface area contributed by atoms with Gasteiger partial charge in [-0.1, -0.05) is 23.7 Å². The Labute approximate surface area is 88.5 Å². The number of fused-ring (bicyclic) bond motifs is 1. The summed E-state index contributed by atoms with van der Waals surface area (Å²) in [5.74, 6) is 0.142. The molecule has 1 aliphatic rings. The monoisotopic (exact) mass is 209 g/mol. The molecule has 1 heterocycles. The number of halogens is 1. The largest absolute Gasteiger partial charge is 0.308 e. The van der Waals surface area contributed by atoms with E-state index in [4.69, 9.17) is 11.6 Å². The second kappa shape index (κ2) is 3.28. The Balaban J connectivity index is 2.55. The molecule has 2 nitrogen and oxygen atoms in total. The summed E-state index contributed by atoms with van der Waals surface area (Å²) in [7, 11) is 0. The van der Waals surface area contributed by atoms with Crippen molar-refractivity contribution >= 4 is 23.2 Å². The molecule has 0 radical (unpaired) electrons. The van der Waals surface area contributed by atoms with Gasteiger partial charge in [-0.25, -0.2) is 0 Å². The molecule has 0 fully saturated rings. The number of anilines is 1. The van der Waals surface area contributed by atoms with Gasteiger partial charge in [0, 0.05) is 6.04 Å². The predicted octanol–water partition coefficient (Wildman–Crippen LogP) is 2.64. The summed E-state index contributed by atoms with van der Waals surface area (Å²) in [6.07, 6.45) is 0.480. The van der Waals surface area contributed by atoms with Gasteiger partial charge >= 0.3 is 0 Å². The van der Waals surface area contributed by atoms with Gasteiger partial charge in [-0.3, -0.25) is 4.79 Å². The van der Waals surface area contributed by atoms with E-state index in [0.29, 0.717) is 11.4 Å². The summed E-state index contributed by atoms with van der Waals surface area (Å²) >= 11 is 6.08. The van der Waals surface area contributed by atoms with E-state index in [1.54, 1.807) is 4.90 Å². The van der Waals surface area contributed by atoms with Gasteiger partial charge in [0.15, 0.2) is 0 Å². The van der Waals surface area contributed by atoms with E-state index < -0.39 is 0 Å². The van der Waals surface area contributed by atoms with Gasteiger partial charge in [0.2, 0.25) is 5.91 Å². The molecule has 0 saturated heterocycles. The Hall–Kier alpha value is -1.02. The van der Waals surface area contributed by atoms with Crippen molar-refractivity contribution in [3.63, 3.8) is 0 Å². The lowest BCUT2D eigenvalue weighted by atomic mass is 10.1. The number of hydrogen-bond donors (Lipinski definition) is 0. The van der Waals surface area contributed by atoms with E-state index in [2.05, 4.69) is 0 Å². The molecule has 0 spiro atoms. The summed E-state index contributed by atoms with van der Waals surface area (Å²) in [4.78, 5) is 13.5. The third kappa shape index (κ3) is 1.30. The molecule has 0 N–H and O–H groups in total. The highest BCUT2D eigenvalue weighted by atomic mass is 35.5. The Morgan fingerprint density at radius 1 is 1.43 bits per heavy atom. The van der Waals surface area contributed by atoms with Crippen molar-refractivity contribution < 1.29 is 4.79 Å². The predicted molar refractivity (Wildman–Crippen MR) is 57.8 cm³/mol. The number of hydrogen-bond acceptors (Lipinski definition) is 1. The van der Waals surface area contributed by atoms with E-state index in [1.807, 2.05) is 32.0 Å². The van der Waals surface area contributed by atoms with E-state index in [1.165, 1.54) is 0 Å². The molecule has 1 aromatic rings. The maximum absolute atomic E-state index is 11.7. The Bertz CT molecular complexity index is 387. The lowest BCUT2D eigenvalue weighted by molar-refractivity contribution is -0.117. The standard InChI is InChI=1S/C11H12ClNO/c1-7(2)13-10(14)6-8-4-3-5-9(12)11(8)13/h3-5,7H,6H2,1-2H3. The molecule has 74 valence electrons. The lowest BCUT2D eigenvalue weighted by Crippen LogP contribution is -2.33. The molecular weight excluding hydrogens is 198 g/mol. The average Bonchev–Trinajstić information content (AvgIpc) is 2.42. The van der Waals surface area contributed by atoms with Crippen molar-refractivity contribution in [1.29, 1.82) is 0 Å². The molecule has 0 aliphatic carbocycles. The van der Waals surface area contributed by atoms with Gasteiger partial charge in [0.25, 0.3) is 0 Å². The highest BCUT2D eigenvalue weighted by Crippen LogP contribution is 2.36. The summed E-state index contributed by atoms with van der Waals surface area (Å²) in [6.45, 7) is 3.99. The quantitative estimate of drug-likeness (QED) is 0.697. The van der Waals surface area contributed by atoms with Crippen LogP contribution in [0.2, 0.25) is 5.02 Å².